The summed E-state index contributed by atoms with van der Waals surface area (Å²) < 4.78 is 24.7. The second-order valence-electron chi connectivity index (χ2n) is 5.95. The SMILES string of the molecule is CCCS(=O)(=O)c1ccccc1SC(C)C(=O)NC(C)(C)C(=O)O. The topological polar surface area (TPSA) is 101 Å². The number of sulfone groups is 1. The normalized spacial score (nSPS) is 13.3. The molecule has 0 aliphatic carbocycles. The number of aliphatic carboxylic acids is 1. The summed E-state index contributed by atoms with van der Waals surface area (Å²) in [5.74, 6) is -1.56. The van der Waals surface area contributed by atoms with Crippen LogP contribution in [0, 0.1) is 0 Å². The van der Waals surface area contributed by atoms with Gasteiger partial charge in [-0.25, -0.2) is 13.2 Å². The molecule has 0 saturated heterocycles. The van der Waals surface area contributed by atoms with E-state index >= 15 is 0 Å². The molecule has 0 spiro atoms. The first kappa shape index (κ1) is 20.5. The van der Waals surface area contributed by atoms with Gasteiger partial charge in [0.1, 0.15) is 5.54 Å². The lowest BCUT2D eigenvalue weighted by atomic mass is 10.1. The highest BCUT2D eigenvalue weighted by molar-refractivity contribution is 8.01. The van der Waals surface area contributed by atoms with E-state index in [0.29, 0.717) is 11.3 Å². The molecule has 8 heteroatoms. The molecule has 0 aliphatic rings. The zero-order chi connectivity index (χ0) is 18.5. The molecule has 0 heterocycles. The smallest absolute Gasteiger partial charge is 0.328 e. The fourth-order valence-electron chi connectivity index (χ4n) is 1.89. The van der Waals surface area contributed by atoms with Crippen LogP contribution in [0.2, 0.25) is 0 Å². The molecule has 1 unspecified atom stereocenters. The Morgan fingerprint density at radius 1 is 1.29 bits per heavy atom. The van der Waals surface area contributed by atoms with Gasteiger partial charge in [0.15, 0.2) is 9.84 Å². The highest BCUT2D eigenvalue weighted by atomic mass is 32.2. The average Bonchev–Trinajstić information content (AvgIpc) is 2.46. The lowest BCUT2D eigenvalue weighted by molar-refractivity contribution is -0.145. The molecule has 0 bridgehead atoms. The van der Waals surface area contributed by atoms with Gasteiger partial charge in [-0.3, -0.25) is 4.79 Å². The van der Waals surface area contributed by atoms with Crippen molar-refractivity contribution in [2.75, 3.05) is 5.75 Å². The third-order valence-electron chi connectivity index (χ3n) is 3.30. The minimum atomic E-state index is -3.41. The van der Waals surface area contributed by atoms with E-state index in [9.17, 15) is 18.0 Å². The summed E-state index contributed by atoms with van der Waals surface area (Å²) in [5.41, 5.74) is -1.39. The zero-order valence-corrected chi connectivity index (χ0v) is 15.8. The second-order valence-corrected chi connectivity index (χ2v) is 9.41. The van der Waals surface area contributed by atoms with Crippen LogP contribution in [0.4, 0.5) is 0 Å². The fraction of sp³-hybridized carbons (Fsp3) is 0.500. The van der Waals surface area contributed by atoms with E-state index in [1.807, 2.05) is 0 Å². The summed E-state index contributed by atoms with van der Waals surface area (Å²) in [5, 5.41) is 10.9. The molecule has 134 valence electrons. The van der Waals surface area contributed by atoms with Gasteiger partial charge in [-0.05, 0) is 39.3 Å². The Balaban J connectivity index is 2.98. The number of carbonyl (C=O) groups is 2. The Bertz CT molecular complexity index is 713. The fourth-order valence-corrected chi connectivity index (χ4v) is 4.72. The van der Waals surface area contributed by atoms with Crippen molar-refractivity contribution in [2.45, 2.75) is 54.7 Å². The number of hydrogen-bond donors (Lipinski definition) is 2. The number of carboxylic acid groups (broad SMARTS) is 1. The lowest BCUT2D eigenvalue weighted by Gasteiger charge is -2.23. The van der Waals surface area contributed by atoms with Crippen LogP contribution < -0.4 is 5.32 Å². The molecular formula is C16H23NO5S2. The maximum atomic E-state index is 12.3. The molecule has 24 heavy (non-hydrogen) atoms. The Kier molecular flexibility index (Phi) is 6.86. The third kappa shape index (κ3) is 5.24. The second kappa shape index (κ2) is 8.02. The molecule has 2 N–H and O–H groups in total. The van der Waals surface area contributed by atoms with Gasteiger partial charge in [0.25, 0.3) is 0 Å². The molecule has 0 radical (unpaired) electrons. The number of carboxylic acids is 1. The van der Waals surface area contributed by atoms with Gasteiger partial charge in [0, 0.05) is 4.90 Å². The van der Waals surface area contributed by atoms with Crippen molar-refractivity contribution in [3.8, 4) is 0 Å². The quantitative estimate of drug-likeness (QED) is 0.678. The monoisotopic (exact) mass is 373 g/mol. The molecule has 1 rings (SSSR count). The van der Waals surface area contributed by atoms with Crippen molar-refractivity contribution in [3.63, 3.8) is 0 Å². The van der Waals surface area contributed by atoms with Gasteiger partial charge in [-0.15, -0.1) is 11.8 Å². The predicted molar refractivity (Wildman–Crippen MR) is 94.0 cm³/mol. The minimum Gasteiger partial charge on any atom is -0.480 e. The van der Waals surface area contributed by atoms with Crippen LogP contribution in [-0.2, 0) is 19.4 Å². The van der Waals surface area contributed by atoms with Crippen LogP contribution in [0.5, 0.6) is 0 Å². The first-order valence-corrected chi connectivity index (χ1v) is 10.1. The van der Waals surface area contributed by atoms with Crippen LogP contribution in [0.25, 0.3) is 0 Å². The third-order valence-corrected chi connectivity index (χ3v) is 6.58. The number of rotatable bonds is 8. The van der Waals surface area contributed by atoms with E-state index in [4.69, 9.17) is 5.11 Å². The summed E-state index contributed by atoms with van der Waals surface area (Å²) in [6.07, 6.45) is 0.504. The summed E-state index contributed by atoms with van der Waals surface area (Å²) >= 11 is 1.10. The Hall–Kier alpha value is -1.54. The molecule has 1 atom stereocenters. The minimum absolute atomic E-state index is 0.0389. The molecule has 0 fully saturated rings. The Labute approximate surface area is 146 Å². The number of amides is 1. The zero-order valence-electron chi connectivity index (χ0n) is 14.2. The number of hydrogen-bond acceptors (Lipinski definition) is 5. The van der Waals surface area contributed by atoms with Crippen molar-refractivity contribution in [1.82, 2.24) is 5.32 Å². The Morgan fingerprint density at radius 3 is 2.42 bits per heavy atom. The van der Waals surface area contributed by atoms with E-state index in [0.717, 1.165) is 11.8 Å². The molecule has 0 aromatic heterocycles. The first-order chi connectivity index (χ1) is 11.0. The summed E-state index contributed by atoms with van der Waals surface area (Å²) in [7, 11) is -3.41. The first-order valence-electron chi connectivity index (χ1n) is 7.55. The molecule has 0 saturated carbocycles. The standard InChI is InChI=1S/C16H23NO5S2/c1-5-10-24(21,22)13-9-7-6-8-12(13)23-11(2)14(18)17-16(3,4)15(19)20/h6-9,11H,5,10H2,1-4H3,(H,17,18)(H,19,20). The van der Waals surface area contributed by atoms with Gasteiger partial charge in [0.05, 0.1) is 15.9 Å². The van der Waals surface area contributed by atoms with E-state index in [2.05, 4.69) is 5.32 Å². The van der Waals surface area contributed by atoms with Crippen molar-refractivity contribution in [1.29, 1.82) is 0 Å². The highest BCUT2D eigenvalue weighted by Gasteiger charge is 2.31. The summed E-state index contributed by atoms with van der Waals surface area (Å²) in [6, 6.07) is 6.53. The largest absolute Gasteiger partial charge is 0.480 e. The summed E-state index contributed by atoms with van der Waals surface area (Å²) in [6.45, 7) is 6.19. The molecular weight excluding hydrogens is 350 g/mol. The maximum absolute atomic E-state index is 12.3. The van der Waals surface area contributed by atoms with Crippen molar-refractivity contribution in [2.24, 2.45) is 0 Å². The molecule has 1 amide bonds. The van der Waals surface area contributed by atoms with Gasteiger partial charge in [0.2, 0.25) is 5.91 Å². The average molecular weight is 373 g/mol. The number of thioether (sulfide) groups is 1. The molecule has 1 aromatic carbocycles. The lowest BCUT2D eigenvalue weighted by Crippen LogP contribution is -2.51. The highest BCUT2D eigenvalue weighted by Crippen LogP contribution is 2.31. The van der Waals surface area contributed by atoms with Crippen molar-refractivity contribution in [3.05, 3.63) is 24.3 Å². The van der Waals surface area contributed by atoms with Crippen molar-refractivity contribution >= 4 is 33.5 Å². The van der Waals surface area contributed by atoms with E-state index < -0.39 is 32.5 Å². The van der Waals surface area contributed by atoms with E-state index in [1.165, 1.54) is 19.9 Å². The van der Waals surface area contributed by atoms with Gasteiger partial charge in [-0.2, -0.15) is 0 Å². The van der Waals surface area contributed by atoms with Crippen LogP contribution in [0.3, 0.4) is 0 Å². The Morgan fingerprint density at radius 2 is 1.88 bits per heavy atom. The molecule has 6 nitrogen and oxygen atoms in total. The molecule has 1 aromatic rings. The van der Waals surface area contributed by atoms with Crippen LogP contribution in [0.15, 0.2) is 34.1 Å². The van der Waals surface area contributed by atoms with Crippen LogP contribution >= 0.6 is 11.8 Å². The van der Waals surface area contributed by atoms with Crippen LogP contribution in [-0.4, -0.2) is 41.9 Å². The number of carbonyl (C=O) groups excluding carboxylic acids is 1. The van der Waals surface area contributed by atoms with Gasteiger partial charge < -0.3 is 10.4 Å². The number of nitrogens with one attached hydrogen (secondary N) is 1. The maximum Gasteiger partial charge on any atom is 0.328 e. The molecule has 0 aliphatic heterocycles. The van der Waals surface area contributed by atoms with Crippen molar-refractivity contribution < 1.29 is 23.1 Å². The van der Waals surface area contributed by atoms with Gasteiger partial charge >= 0.3 is 5.97 Å². The van der Waals surface area contributed by atoms with E-state index in [1.54, 1.807) is 32.0 Å². The van der Waals surface area contributed by atoms with E-state index in [-0.39, 0.29) is 10.6 Å². The number of benzene rings is 1. The predicted octanol–water partition coefficient (Wildman–Crippen LogP) is 2.33. The summed E-state index contributed by atoms with van der Waals surface area (Å²) in [4.78, 5) is 24.0. The van der Waals surface area contributed by atoms with Gasteiger partial charge in [-0.1, -0.05) is 19.1 Å². The van der Waals surface area contributed by atoms with Crippen LogP contribution in [0.1, 0.15) is 34.1 Å².